The van der Waals surface area contributed by atoms with Crippen LogP contribution in [0.3, 0.4) is 0 Å². The molecule has 0 atom stereocenters. The normalized spacial score (nSPS) is 9.20. The van der Waals surface area contributed by atoms with E-state index in [9.17, 15) is 4.39 Å². The average Bonchev–Trinajstić information content (AvgIpc) is 2.45. The summed E-state index contributed by atoms with van der Waals surface area (Å²) >= 11 is 5.72. The van der Waals surface area contributed by atoms with Gasteiger partial charge in [-0.1, -0.05) is 69.1 Å². The molecule has 0 unspecified atom stereocenters. The Bertz CT molecular complexity index is 437. The molecule has 0 aliphatic carbocycles. The fraction of sp³-hybridized carbons (Fsp3) is 0.333. The van der Waals surface area contributed by atoms with Crippen molar-refractivity contribution in [1.82, 2.24) is 0 Å². The Hall–Kier alpha value is -1.34. The third-order valence-corrected chi connectivity index (χ3v) is 2.80. The van der Waals surface area contributed by atoms with Crippen molar-refractivity contribution in [3.8, 4) is 0 Å². The largest absolute Gasteiger partial charge is 0.207 e. The van der Waals surface area contributed by atoms with Crippen molar-refractivity contribution in [2.45, 2.75) is 40.5 Å². The second-order valence-corrected chi connectivity index (χ2v) is 4.94. The Morgan fingerprint density at radius 2 is 1.30 bits per heavy atom. The topological polar surface area (TPSA) is 0 Å². The van der Waals surface area contributed by atoms with Crippen LogP contribution in [0.25, 0.3) is 0 Å². The second-order valence-electron chi connectivity index (χ2n) is 4.50. The zero-order valence-corrected chi connectivity index (χ0v) is 13.7. The molecular weight excluding hydrogens is 271 g/mol. The van der Waals surface area contributed by atoms with Crippen molar-refractivity contribution in [2.75, 3.05) is 0 Å². The van der Waals surface area contributed by atoms with E-state index in [0.717, 1.165) is 10.6 Å². The van der Waals surface area contributed by atoms with Crippen LogP contribution in [0, 0.1) is 12.7 Å². The molecule has 0 N–H and O–H groups in total. The Labute approximate surface area is 127 Å². The molecule has 0 aromatic heterocycles. The molecule has 0 nitrogen and oxygen atoms in total. The lowest BCUT2D eigenvalue weighted by Crippen LogP contribution is -1.84. The van der Waals surface area contributed by atoms with E-state index in [1.54, 1.807) is 12.1 Å². The molecule has 0 fully saturated rings. The van der Waals surface area contributed by atoms with Gasteiger partial charge in [-0.05, 0) is 42.7 Å². The fourth-order valence-electron chi connectivity index (χ4n) is 1.38. The van der Waals surface area contributed by atoms with Gasteiger partial charge in [-0.25, -0.2) is 4.39 Å². The summed E-state index contributed by atoms with van der Waals surface area (Å²) in [7, 11) is 0. The first kappa shape index (κ1) is 18.7. The van der Waals surface area contributed by atoms with Gasteiger partial charge in [-0.2, -0.15) is 0 Å². The lowest BCUT2D eigenvalue weighted by atomic mass is 10.0. The monoisotopic (exact) mass is 294 g/mol. The molecule has 0 radical (unpaired) electrons. The molecule has 0 aliphatic heterocycles. The smallest absolute Gasteiger partial charge is 0.123 e. The van der Waals surface area contributed by atoms with Crippen LogP contribution < -0.4 is 0 Å². The standard InChI is InChI=1S/C9H11Cl.C7H7F.C2H6/c1-7(2)8-3-5-9(10)6-4-8;1-6-2-4-7(8)5-3-6;1-2/h3-7H,1-2H3;2-5H,1H3;1-2H3. The number of aryl methyl sites for hydroxylation is 1. The van der Waals surface area contributed by atoms with Crippen molar-refractivity contribution < 1.29 is 4.39 Å². The van der Waals surface area contributed by atoms with Crippen molar-refractivity contribution >= 4 is 11.6 Å². The molecule has 2 heteroatoms. The highest BCUT2D eigenvalue weighted by Gasteiger charge is 1.96. The van der Waals surface area contributed by atoms with Crippen LogP contribution in [0.2, 0.25) is 5.02 Å². The Morgan fingerprint density at radius 1 is 0.850 bits per heavy atom. The quantitative estimate of drug-likeness (QED) is 0.554. The van der Waals surface area contributed by atoms with Crippen LogP contribution in [0.1, 0.15) is 44.7 Å². The van der Waals surface area contributed by atoms with Crippen LogP contribution >= 0.6 is 11.6 Å². The van der Waals surface area contributed by atoms with Gasteiger partial charge < -0.3 is 0 Å². The van der Waals surface area contributed by atoms with Gasteiger partial charge in [0.2, 0.25) is 0 Å². The number of benzene rings is 2. The van der Waals surface area contributed by atoms with Gasteiger partial charge in [0, 0.05) is 5.02 Å². The third kappa shape index (κ3) is 7.96. The summed E-state index contributed by atoms with van der Waals surface area (Å²) in [6.07, 6.45) is 0. The molecule has 2 aromatic rings. The molecule has 0 spiro atoms. The molecular formula is C18H24ClF. The first-order valence-corrected chi connectivity index (χ1v) is 7.34. The van der Waals surface area contributed by atoms with E-state index in [0.29, 0.717) is 5.92 Å². The van der Waals surface area contributed by atoms with Crippen molar-refractivity contribution in [3.63, 3.8) is 0 Å². The molecule has 20 heavy (non-hydrogen) atoms. The summed E-state index contributed by atoms with van der Waals surface area (Å²) in [6, 6.07) is 14.4. The van der Waals surface area contributed by atoms with Gasteiger partial charge in [-0.15, -0.1) is 0 Å². The van der Waals surface area contributed by atoms with Gasteiger partial charge in [-0.3, -0.25) is 0 Å². The number of halogens is 2. The maximum absolute atomic E-state index is 12.1. The molecule has 0 aliphatic rings. The number of rotatable bonds is 1. The summed E-state index contributed by atoms with van der Waals surface area (Å²) in [5, 5.41) is 0.810. The lowest BCUT2D eigenvalue weighted by molar-refractivity contribution is 0.627. The summed E-state index contributed by atoms with van der Waals surface area (Å²) in [5.74, 6) is 0.424. The molecule has 2 rings (SSSR count). The lowest BCUT2D eigenvalue weighted by Gasteiger charge is -2.03. The van der Waals surface area contributed by atoms with Crippen molar-refractivity contribution in [3.05, 3.63) is 70.5 Å². The Kier molecular flexibility index (Phi) is 9.75. The van der Waals surface area contributed by atoms with Gasteiger partial charge in [0.15, 0.2) is 0 Å². The number of hydrogen-bond acceptors (Lipinski definition) is 0. The second kappa shape index (κ2) is 10.4. The zero-order chi connectivity index (χ0) is 15.5. The fourth-order valence-corrected chi connectivity index (χ4v) is 1.51. The first-order valence-electron chi connectivity index (χ1n) is 6.96. The van der Waals surface area contributed by atoms with Gasteiger partial charge in [0.1, 0.15) is 5.82 Å². The third-order valence-electron chi connectivity index (χ3n) is 2.55. The van der Waals surface area contributed by atoms with Crippen LogP contribution in [0.15, 0.2) is 48.5 Å². The molecule has 0 amide bonds. The summed E-state index contributed by atoms with van der Waals surface area (Å²) < 4.78 is 12.1. The van der Waals surface area contributed by atoms with E-state index >= 15 is 0 Å². The first-order chi connectivity index (χ1) is 9.49. The van der Waals surface area contributed by atoms with E-state index in [1.165, 1.54) is 17.7 Å². The van der Waals surface area contributed by atoms with Gasteiger partial charge >= 0.3 is 0 Å². The zero-order valence-electron chi connectivity index (χ0n) is 13.0. The van der Waals surface area contributed by atoms with E-state index in [1.807, 2.05) is 32.9 Å². The van der Waals surface area contributed by atoms with E-state index < -0.39 is 0 Å². The maximum atomic E-state index is 12.1. The van der Waals surface area contributed by atoms with Crippen molar-refractivity contribution in [1.29, 1.82) is 0 Å². The molecule has 0 bridgehead atoms. The van der Waals surface area contributed by atoms with Gasteiger partial charge in [0.25, 0.3) is 0 Å². The SMILES string of the molecule is CC.CC(C)c1ccc(Cl)cc1.Cc1ccc(F)cc1. The Balaban J connectivity index is 0.000000327. The van der Waals surface area contributed by atoms with Gasteiger partial charge in [0.05, 0.1) is 0 Å². The number of hydrogen-bond donors (Lipinski definition) is 0. The van der Waals surface area contributed by atoms with Crippen LogP contribution in [-0.2, 0) is 0 Å². The maximum Gasteiger partial charge on any atom is 0.123 e. The summed E-state index contributed by atoms with van der Waals surface area (Å²) in [6.45, 7) is 10.3. The predicted octanol–water partition coefficient (Wildman–Crippen LogP) is 6.62. The van der Waals surface area contributed by atoms with Crippen LogP contribution in [0.5, 0.6) is 0 Å². The summed E-state index contributed by atoms with van der Waals surface area (Å²) in [5.41, 5.74) is 2.43. The molecule has 2 aromatic carbocycles. The molecule has 0 saturated heterocycles. The van der Waals surface area contributed by atoms with E-state index in [4.69, 9.17) is 11.6 Å². The minimum Gasteiger partial charge on any atom is -0.207 e. The highest BCUT2D eigenvalue weighted by atomic mass is 35.5. The molecule has 0 saturated carbocycles. The summed E-state index contributed by atoms with van der Waals surface area (Å²) in [4.78, 5) is 0. The minimum atomic E-state index is -0.171. The van der Waals surface area contributed by atoms with E-state index in [2.05, 4.69) is 26.0 Å². The molecule has 0 heterocycles. The highest BCUT2D eigenvalue weighted by molar-refractivity contribution is 6.30. The molecule has 110 valence electrons. The minimum absolute atomic E-state index is 0.171. The van der Waals surface area contributed by atoms with Crippen LogP contribution in [-0.4, -0.2) is 0 Å². The average molecular weight is 295 g/mol. The van der Waals surface area contributed by atoms with Crippen molar-refractivity contribution in [2.24, 2.45) is 0 Å². The predicted molar refractivity (Wildman–Crippen MR) is 88.0 cm³/mol. The van der Waals surface area contributed by atoms with Crippen LogP contribution in [0.4, 0.5) is 4.39 Å². The highest BCUT2D eigenvalue weighted by Crippen LogP contribution is 2.16. The van der Waals surface area contributed by atoms with E-state index in [-0.39, 0.29) is 5.82 Å². The Morgan fingerprint density at radius 3 is 1.65 bits per heavy atom.